The zero-order chi connectivity index (χ0) is 15.9. The second-order valence-corrected chi connectivity index (χ2v) is 4.95. The van der Waals surface area contributed by atoms with Crippen molar-refractivity contribution in [2.75, 3.05) is 18.5 Å². The Balaban J connectivity index is 2.15. The minimum absolute atomic E-state index is 0.157. The van der Waals surface area contributed by atoms with E-state index in [-0.39, 0.29) is 22.6 Å². The van der Waals surface area contributed by atoms with Crippen molar-refractivity contribution in [3.63, 3.8) is 0 Å². The molecule has 1 aromatic heterocycles. The lowest BCUT2D eigenvalue weighted by Crippen LogP contribution is -2.17. The number of hydrogen-bond donors (Lipinski definition) is 1. The van der Waals surface area contributed by atoms with E-state index in [0.717, 1.165) is 5.56 Å². The van der Waals surface area contributed by atoms with E-state index in [1.165, 1.54) is 12.3 Å². The highest BCUT2D eigenvalue weighted by atomic mass is 35.5. The molecule has 1 aromatic carbocycles. The van der Waals surface area contributed by atoms with Gasteiger partial charge in [-0.15, -0.1) is 0 Å². The molecule has 0 spiro atoms. The van der Waals surface area contributed by atoms with Gasteiger partial charge in [-0.1, -0.05) is 41.9 Å². The Labute approximate surface area is 133 Å². The monoisotopic (exact) mass is 321 g/mol. The fourth-order valence-corrected chi connectivity index (χ4v) is 2.19. The van der Waals surface area contributed by atoms with Gasteiger partial charge in [0, 0.05) is 25.4 Å². The van der Waals surface area contributed by atoms with Gasteiger partial charge >= 0.3 is 5.69 Å². The van der Waals surface area contributed by atoms with Crippen LogP contribution in [0.2, 0.25) is 5.02 Å². The van der Waals surface area contributed by atoms with Gasteiger partial charge in [0.1, 0.15) is 0 Å². The highest BCUT2D eigenvalue weighted by molar-refractivity contribution is 6.30. The van der Waals surface area contributed by atoms with E-state index in [0.29, 0.717) is 13.2 Å². The lowest BCUT2D eigenvalue weighted by atomic mass is 10.1. The number of halogens is 1. The first-order valence-corrected chi connectivity index (χ1v) is 7.20. The Bertz CT molecular complexity index is 637. The average molecular weight is 322 g/mol. The molecular formula is C15H16ClN3O3. The number of nitro groups is 1. The summed E-state index contributed by atoms with van der Waals surface area (Å²) in [4.78, 5) is 14.5. The highest BCUT2D eigenvalue weighted by Gasteiger charge is 2.18. The van der Waals surface area contributed by atoms with Crippen LogP contribution < -0.4 is 5.32 Å². The van der Waals surface area contributed by atoms with Gasteiger partial charge in [0.2, 0.25) is 5.82 Å². The molecule has 0 aliphatic heterocycles. The van der Waals surface area contributed by atoms with E-state index in [2.05, 4.69) is 10.3 Å². The van der Waals surface area contributed by atoms with E-state index in [9.17, 15) is 10.1 Å². The number of anilines is 1. The molecule has 0 aliphatic carbocycles. The van der Waals surface area contributed by atoms with Gasteiger partial charge in [0.15, 0.2) is 0 Å². The fraction of sp³-hybridized carbons (Fsp3) is 0.267. The number of nitrogens with one attached hydrogen (secondary N) is 1. The first-order chi connectivity index (χ1) is 10.6. The van der Waals surface area contributed by atoms with Gasteiger partial charge in [-0.05, 0) is 12.5 Å². The van der Waals surface area contributed by atoms with Crippen molar-refractivity contribution in [3.05, 3.63) is 63.3 Å². The largest absolute Gasteiger partial charge is 0.372 e. The van der Waals surface area contributed by atoms with Crippen LogP contribution in [0.1, 0.15) is 18.6 Å². The normalized spacial score (nSPS) is 11.9. The highest BCUT2D eigenvalue weighted by Crippen LogP contribution is 2.26. The topological polar surface area (TPSA) is 77.3 Å². The Morgan fingerprint density at radius 1 is 1.41 bits per heavy atom. The first kappa shape index (κ1) is 16.2. The van der Waals surface area contributed by atoms with Gasteiger partial charge in [0.25, 0.3) is 0 Å². The third-order valence-electron chi connectivity index (χ3n) is 3.03. The van der Waals surface area contributed by atoms with Crippen molar-refractivity contribution in [2.24, 2.45) is 0 Å². The number of nitrogens with zero attached hydrogens (tertiary/aromatic N) is 2. The molecule has 2 rings (SSSR count). The third kappa shape index (κ3) is 4.16. The summed E-state index contributed by atoms with van der Waals surface area (Å²) in [5, 5.41) is 14.2. The molecule has 0 fully saturated rings. The van der Waals surface area contributed by atoms with Crippen LogP contribution in [0.25, 0.3) is 0 Å². The van der Waals surface area contributed by atoms with Crippen molar-refractivity contribution in [1.29, 1.82) is 0 Å². The zero-order valence-electron chi connectivity index (χ0n) is 12.0. The molecule has 0 aliphatic rings. The maximum atomic E-state index is 11.1. The zero-order valence-corrected chi connectivity index (χ0v) is 12.8. The predicted octanol–water partition coefficient (Wildman–Crippen LogP) is 3.83. The molecule has 7 heteroatoms. The summed E-state index contributed by atoms with van der Waals surface area (Å²) in [6.45, 7) is 2.81. The standard InChI is InChI=1S/C15H16ClN3O3/c1-2-22-14(11-6-4-3-5-7-11)10-18-15-13(19(20)21)8-12(16)9-17-15/h3-9,14H,2,10H2,1H3,(H,17,18). The summed E-state index contributed by atoms with van der Waals surface area (Å²) < 4.78 is 5.69. The molecule has 0 radical (unpaired) electrons. The molecule has 6 nitrogen and oxygen atoms in total. The average Bonchev–Trinajstić information content (AvgIpc) is 2.53. The molecule has 0 bridgehead atoms. The van der Waals surface area contributed by atoms with Crippen LogP contribution in [-0.4, -0.2) is 23.1 Å². The molecule has 116 valence electrons. The van der Waals surface area contributed by atoms with Gasteiger partial charge in [-0.3, -0.25) is 10.1 Å². The molecule has 0 saturated heterocycles. The van der Waals surface area contributed by atoms with Crippen molar-refractivity contribution >= 4 is 23.1 Å². The number of aromatic nitrogens is 1. The molecule has 22 heavy (non-hydrogen) atoms. The molecule has 0 amide bonds. The van der Waals surface area contributed by atoms with Gasteiger partial charge in [0.05, 0.1) is 16.0 Å². The van der Waals surface area contributed by atoms with Crippen LogP contribution >= 0.6 is 11.6 Å². The second-order valence-electron chi connectivity index (χ2n) is 4.51. The number of pyridine rings is 1. The Hall–Kier alpha value is -2.18. The SMILES string of the molecule is CCOC(CNc1ncc(Cl)cc1[N+](=O)[O-])c1ccccc1. The van der Waals surface area contributed by atoms with Crippen molar-refractivity contribution in [3.8, 4) is 0 Å². The molecule has 0 saturated carbocycles. The predicted molar refractivity (Wildman–Crippen MR) is 85.2 cm³/mol. The number of ether oxygens (including phenoxy) is 1. The summed E-state index contributed by atoms with van der Waals surface area (Å²) in [6.07, 6.45) is 1.15. The minimum Gasteiger partial charge on any atom is -0.372 e. The van der Waals surface area contributed by atoms with E-state index in [1.807, 2.05) is 37.3 Å². The molecule has 1 N–H and O–H groups in total. The van der Waals surface area contributed by atoms with E-state index in [4.69, 9.17) is 16.3 Å². The van der Waals surface area contributed by atoms with E-state index >= 15 is 0 Å². The van der Waals surface area contributed by atoms with Crippen LogP contribution in [0.5, 0.6) is 0 Å². The molecule has 1 unspecified atom stereocenters. The molecule has 1 heterocycles. The van der Waals surface area contributed by atoms with Gasteiger partial charge < -0.3 is 10.1 Å². The molecule has 2 aromatic rings. The first-order valence-electron chi connectivity index (χ1n) is 6.82. The molecule has 1 atom stereocenters. The smallest absolute Gasteiger partial charge is 0.312 e. The summed E-state index contributed by atoms with van der Waals surface area (Å²) in [7, 11) is 0. The minimum atomic E-state index is -0.514. The van der Waals surface area contributed by atoms with E-state index < -0.39 is 4.92 Å². The Morgan fingerprint density at radius 3 is 2.77 bits per heavy atom. The van der Waals surface area contributed by atoms with Crippen molar-refractivity contribution < 1.29 is 9.66 Å². The van der Waals surface area contributed by atoms with Crippen LogP contribution in [0.3, 0.4) is 0 Å². The number of benzene rings is 1. The number of hydrogen-bond acceptors (Lipinski definition) is 5. The van der Waals surface area contributed by atoms with Crippen LogP contribution in [0, 0.1) is 10.1 Å². The summed E-state index contributed by atoms with van der Waals surface area (Å²) in [6, 6.07) is 10.9. The van der Waals surface area contributed by atoms with Crippen molar-refractivity contribution in [1.82, 2.24) is 4.98 Å². The van der Waals surface area contributed by atoms with Crippen LogP contribution in [-0.2, 0) is 4.74 Å². The maximum Gasteiger partial charge on any atom is 0.312 e. The van der Waals surface area contributed by atoms with Crippen molar-refractivity contribution in [2.45, 2.75) is 13.0 Å². The van der Waals surface area contributed by atoms with Gasteiger partial charge in [-0.2, -0.15) is 0 Å². The van der Waals surface area contributed by atoms with Crippen LogP contribution in [0.4, 0.5) is 11.5 Å². The quantitative estimate of drug-likeness (QED) is 0.619. The fourth-order valence-electron chi connectivity index (χ4n) is 2.04. The Kier molecular flexibility index (Phi) is 5.68. The number of rotatable bonds is 7. The third-order valence-corrected chi connectivity index (χ3v) is 3.23. The van der Waals surface area contributed by atoms with Gasteiger partial charge in [-0.25, -0.2) is 4.98 Å². The molecular weight excluding hydrogens is 306 g/mol. The van der Waals surface area contributed by atoms with E-state index in [1.54, 1.807) is 0 Å². The lowest BCUT2D eigenvalue weighted by molar-refractivity contribution is -0.384. The second kappa shape index (κ2) is 7.72. The summed E-state index contributed by atoms with van der Waals surface area (Å²) >= 11 is 5.75. The summed E-state index contributed by atoms with van der Waals surface area (Å²) in [5.74, 6) is 0.176. The Morgan fingerprint density at radius 2 is 2.14 bits per heavy atom. The summed E-state index contributed by atoms with van der Waals surface area (Å²) in [5.41, 5.74) is 0.837. The maximum absolute atomic E-state index is 11.1. The lowest BCUT2D eigenvalue weighted by Gasteiger charge is -2.18. The van der Waals surface area contributed by atoms with Crippen LogP contribution in [0.15, 0.2) is 42.6 Å².